The van der Waals surface area contributed by atoms with Crippen molar-refractivity contribution in [3.05, 3.63) is 59.2 Å². The molecule has 1 aliphatic heterocycles. The molecule has 0 amide bonds. The van der Waals surface area contributed by atoms with Gasteiger partial charge in [0.15, 0.2) is 10.7 Å². The highest BCUT2D eigenvalue weighted by Crippen LogP contribution is 2.63. The predicted octanol–water partition coefficient (Wildman–Crippen LogP) is 3.65. The highest BCUT2D eigenvalue weighted by molar-refractivity contribution is 7.72. The molecule has 2 bridgehead atoms. The molecule has 5 nitrogen and oxygen atoms in total. The summed E-state index contributed by atoms with van der Waals surface area (Å²) in [6, 6.07) is 12.6. The van der Waals surface area contributed by atoms with Crippen molar-refractivity contribution in [2.75, 3.05) is 5.32 Å². The molecule has 5 rings (SSSR count). The van der Waals surface area contributed by atoms with Crippen LogP contribution in [0.2, 0.25) is 0 Å². The molecule has 1 heterocycles. The second-order valence-electron chi connectivity index (χ2n) is 8.02. The Bertz CT molecular complexity index is 1010. The van der Waals surface area contributed by atoms with Crippen molar-refractivity contribution in [3.8, 4) is 0 Å². The molecule has 2 aromatic carbocycles. The largest absolute Gasteiger partial charge is 0.478 e. The monoisotopic (exact) mass is 383 g/mol. The van der Waals surface area contributed by atoms with Gasteiger partial charge in [-0.25, -0.2) is 13.2 Å². The zero-order chi connectivity index (χ0) is 18.7. The molecule has 2 N–H and O–H groups in total. The Labute approximate surface area is 159 Å². The summed E-state index contributed by atoms with van der Waals surface area (Å²) in [6.45, 7) is 0. The number of fused-ring (bicyclic) bond motifs is 7. The lowest BCUT2D eigenvalue weighted by atomic mass is 9.68. The normalized spacial score (nSPS) is 30.6. The van der Waals surface area contributed by atoms with Crippen LogP contribution in [0.1, 0.15) is 52.7 Å². The van der Waals surface area contributed by atoms with E-state index in [1.807, 2.05) is 24.3 Å². The summed E-state index contributed by atoms with van der Waals surface area (Å²) in [4.78, 5) is 11.8. The van der Waals surface area contributed by atoms with Gasteiger partial charge < -0.3 is 10.4 Å². The van der Waals surface area contributed by atoms with Crippen molar-refractivity contribution < 1.29 is 18.3 Å². The highest BCUT2D eigenvalue weighted by Gasteiger charge is 2.53. The molecule has 2 fully saturated rings. The number of aromatic carboxylic acids is 1. The summed E-state index contributed by atoms with van der Waals surface area (Å²) in [6.07, 6.45) is 3.58. The van der Waals surface area contributed by atoms with Crippen molar-refractivity contribution in [1.29, 1.82) is 0 Å². The molecule has 140 valence electrons. The van der Waals surface area contributed by atoms with Gasteiger partial charge in [0.25, 0.3) is 0 Å². The van der Waals surface area contributed by atoms with Gasteiger partial charge in [0.05, 0.1) is 16.5 Å². The average molecular weight is 383 g/mol. The number of carboxylic acid groups (broad SMARTS) is 1. The van der Waals surface area contributed by atoms with E-state index < -0.39 is 16.7 Å². The average Bonchev–Trinajstić information content (AvgIpc) is 3.29. The molecule has 0 saturated heterocycles. The molecule has 6 heteroatoms. The minimum absolute atomic E-state index is 0.0592. The Kier molecular flexibility index (Phi) is 3.79. The Morgan fingerprint density at radius 1 is 1.07 bits per heavy atom. The van der Waals surface area contributed by atoms with E-state index in [2.05, 4.69) is 5.32 Å². The Morgan fingerprint density at radius 3 is 2.67 bits per heavy atom. The number of nitrogens with one attached hydrogen (secondary N) is 1. The number of carbonyl (C=O) groups is 1. The first-order chi connectivity index (χ1) is 13.0. The quantitative estimate of drug-likeness (QED) is 0.705. The van der Waals surface area contributed by atoms with Gasteiger partial charge in [-0.3, -0.25) is 0 Å². The summed E-state index contributed by atoms with van der Waals surface area (Å²) in [5.41, 5.74) is 3.41. The number of anilines is 1. The molecule has 2 aliphatic carbocycles. The first kappa shape index (κ1) is 16.8. The number of carboxylic acids is 1. The predicted molar refractivity (Wildman–Crippen MR) is 102 cm³/mol. The van der Waals surface area contributed by atoms with Gasteiger partial charge in [-0.05, 0) is 84.4 Å². The molecule has 5 unspecified atom stereocenters. The Hall–Kier alpha value is -2.34. The maximum absolute atomic E-state index is 11.5. The van der Waals surface area contributed by atoms with Crippen LogP contribution in [-0.4, -0.2) is 19.5 Å². The molecular formula is C21H21NO4S. The van der Waals surface area contributed by atoms with Crippen LogP contribution >= 0.6 is 0 Å². The first-order valence-corrected chi connectivity index (χ1v) is 10.6. The summed E-state index contributed by atoms with van der Waals surface area (Å²) in [5.74, 6) is 0.990. The van der Waals surface area contributed by atoms with Crippen LogP contribution in [0.4, 0.5) is 5.69 Å². The molecule has 0 aromatic heterocycles. The van der Waals surface area contributed by atoms with Crippen molar-refractivity contribution >= 4 is 22.4 Å². The van der Waals surface area contributed by atoms with Crippen LogP contribution in [0.3, 0.4) is 0 Å². The third kappa shape index (κ3) is 2.57. The third-order valence-corrected chi connectivity index (χ3v) is 7.47. The van der Waals surface area contributed by atoms with Gasteiger partial charge >= 0.3 is 5.97 Å². The molecule has 3 aliphatic rings. The Morgan fingerprint density at radius 2 is 1.89 bits per heavy atom. The fourth-order valence-electron chi connectivity index (χ4n) is 5.78. The fourth-order valence-corrected chi connectivity index (χ4v) is 6.22. The van der Waals surface area contributed by atoms with E-state index in [0.29, 0.717) is 34.1 Å². The lowest BCUT2D eigenvalue weighted by Crippen LogP contribution is -2.35. The maximum Gasteiger partial charge on any atom is 0.335 e. The number of hydrogen-bond acceptors (Lipinski definition) is 4. The van der Waals surface area contributed by atoms with Crippen LogP contribution in [0.15, 0.2) is 47.4 Å². The standard InChI is InChI=1S/C21H21NO4S/c23-21(24)14-3-1-2-13(9-14)20-19-12-5-4-11(8-12)18(19)16-10-15(27(25)26)6-7-17(16)22-20/h1-3,6-7,9-12,18-20,22,27H,4-5,8H2,(H,23,24). The van der Waals surface area contributed by atoms with E-state index >= 15 is 0 Å². The van der Waals surface area contributed by atoms with E-state index in [9.17, 15) is 18.3 Å². The maximum atomic E-state index is 11.5. The van der Waals surface area contributed by atoms with Crippen LogP contribution in [-0.2, 0) is 10.7 Å². The number of benzene rings is 2. The Balaban J connectivity index is 1.63. The minimum atomic E-state index is -2.60. The SMILES string of the molecule is O=C(O)c1cccc(C2Nc3ccc([SH](=O)=O)cc3C3C4CCC(C4)C23)c1. The van der Waals surface area contributed by atoms with Gasteiger partial charge in [-0.2, -0.15) is 0 Å². The number of thiol groups is 1. The summed E-state index contributed by atoms with van der Waals surface area (Å²) < 4.78 is 23.0. The van der Waals surface area contributed by atoms with E-state index in [-0.39, 0.29) is 6.04 Å². The highest BCUT2D eigenvalue weighted by atomic mass is 32.2. The summed E-state index contributed by atoms with van der Waals surface area (Å²) in [5, 5.41) is 13.0. The molecule has 5 atom stereocenters. The van der Waals surface area contributed by atoms with Gasteiger partial charge in [0.1, 0.15) is 0 Å². The second-order valence-corrected chi connectivity index (χ2v) is 9.05. The van der Waals surface area contributed by atoms with Crippen LogP contribution in [0, 0.1) is 17.8 Å². The second kappa shape index (κ2) is 6.09. The molecule has 0 spiro atoms. The third-order valence-electron chi connectivity index (χ3n) is 6.77. The van der Waals surface area contributed by atoms with Crippen LogP contribution in [0.5, 0.6) is 0 Å². The lowest BCUT2D eigenvalue weighted by molar-refractivity contribution is 0.0696. The molecule has 27 heavy (non-hydrogen) atoms. The van der Waals surface area contributed by atoms with Crippen molar-refractivity contribution in [2.24, 2.45) is 17.8 Å². The van der Waals surface area contributed by atoms with E-state index in [4.69, 9.17) is 0 Å². The smallest absolute Gasteiger partial charge is 0.335 e. The molecule has 0 radical (unpaired) electrons. The van der Waals surface area contributed by atoms with Crippen LogP contribution < -0.4 is 5.32 Å². The van der Waals surface area contributed by atoms with Crippen molar-refractivity contribution in [1.82, 2.24) is 0 Å². The van der Waals surface area contributed by atoms with E-state index in [1.54, 1.807) is 18.2 Å². The van der Waals surface area contributed by atoms with E-state index in [0.717, 1.165) is 16.8 Å². The zero-order valence-corrected chi connectivity index (χ0v) is 15.6. The number of hydrogen-bond donors (Lipinski definition) is 3. The minimum Gasteiger partial charge on any atom is -0.478 e. The summed E-state index contributed by atoms with van der Waals surface area (Å²) in [7, 11) is -2.60. The lowest BCUT2D eigenvalue weighted by Gasteiger charge is -2.43. The van der Waals surface area contributed by atoms with E-state index in [1.165, 1.54) is 19.3 Å². The topological polar surface area (TPSA) is 83.5 Å². The van der Waals surface area contributed by atoms with Gasteiger partial charge in [-0.1, -0.05) is 12.1 Å². The molecule has 2 aromatic rings. The van der Waals surface area contributed by atoms with Crippen molar-refractivity contribution in [3.63, 3.8) is 0 Å². The van der Waals surface area contributed by atoms with Gasteiger partial charge in [-0.15, -0.1) is 0 Å². The van der Waals surface area contributed by atoms with Crippen LogP contribution in [0.25, 0.3) is 0 Å². The molecule has 2 saturated carbocycles. The zero-order valence-electron chi connectivity index (χ0n) is 14.7. The first-order valence-electron chi connectivity index (χ1n) is 9.41. The van der Waals surface area contributed by atoms with Gasteiger partial charge in [0.2, 0.25) is 0 Å². The van der Waals surface area contributed by atoms with Crippen molar-refractivity contribution in [2.45, 2.75) is 36.1 Å². The van der Waals surface area contributed by atoms with Gasteiger partial charge in [0, 0.05) is 5.69 Å². The number of rotatable bonds is 3. The molecular weight excluding hydrogens is 362 g/mol. The summed E-state index contributed by atoms with van der Waals surface area (Å²) >= 11 is 0. The fraction of sp³-hybridized carbons (Fsp3) is 0.381.